The maximum atomic E-state index is 12.2. The Balaban J connectivity index is 1.55. The fourth-order valence-electron chi connectivity index (χ4n) is 2.41. The number of nitrogens with one attached hydrogen (secondary N) is 1. The summed E-state index contributed by atoms with van der Waals surface area (Å²) in [5.41, 5.74) is 1.41. The van der Waals surface area contributed by atoms with Gasteiger partial charge in [0.15, 0.2) is 11.5 Å². The van der Waals surface area contributed by atoms with Crippen LogP contribution in [0.25, 0.3) is 5.69 Å². The largest absolute Gasteiger partial charge is 0.493 e. The first kappa shape index (κ1) is 17.3. The molecule has 0 atom stereocenters. The van der Waals surface area contributed by atoms with E-state index in [9.17, 15) is 9.59 Å². The van der Waals surface area contributed by atoms with E-state index in [-0.39, 0.29) is 12.5 Å². The van der Waals surface area contributed by atoms with E-state index in [4.69, 9.17) is 9.47 Å². The lowest BCUT2D eigenvalue weighted by Crippen LogP contribution is -2.31. The van der Waals surface area contributed by atoms with Crippen LogP contribution in [0.1, 0.15) is 10.4 Å². The van der Waals surface area contributed by atoms with Crippen LogP contribution in [0.5, 0.6) is 11.5 Å². The van der Waals surface area contributed by atoms with E-state index in [1.807, 2.05) is 41.2 Å². The van der Waals surface area contributed by atoms with Gasteiger partial charge < -0.3 is 19.4 Å². The van der Waals surface area contributed by atoms with Crippen LogP contribution in [0.2, 0.25) is 0 Å². The van der Waals surface area contributed by atoms with E-state index in [0.717, 1.165) is 5.69 Å². The van der Waals surface area contributed by atoms with Crippen LogP contribution >= 0.6 is 0 Å². The van der Waals surface area contributed by atoms with Gasteiger partial charge in [0.1, 0.15) is 6.54 Å². The summed E-state index contributed by atoms with van der Waals surface area (Å²) in [6, 6.07) is 17.7. The Morgan fingerprint density at radius 3 is 2.23 bits per heavy atom. The van der Waals surface area contributed by atoms with Gasteiger partial charge in [-0.1, -0.05) is 12.1 Å². The van der Waals surface area contributed by atoms with Crippen molar-refractivity contribution in [1.82, 2.24) is 9.88 Å². The van der Waals surface area contributed by atoms with Gasteiger partial charge in [0.2, 0.25) is 0 Å². The van der Waals surface area contributed by atoms with E-state index in [0.29, 0.717) is 17.1 Å². The minimum absolute atomic E-state index is 0.240. The smallest absolute Gasteiger partial charge is 0.330 e. The molecule has 0 radical (unpaired) electrons. The number of amides is 1. The second-order valence-electron chi connectivity index (χ2n) is 5.44. The molecule has 1 aromatic heterocycles. The third-order valence-corrected chi connectivity index (χ3v) is 3.72. The number of methoxy groups -OCH3 is 1. The molecule has 0 saturated carbocycles. The van der Waals surface area contributed by atoms with Crippen LogP contribution in [0.4, 0.5) is 0 Å². The number of carbonyl (C=O) groups is 2. The number of rotatable bonds is 6. The van der Waals surface area contributed by atoms with Crippen LogP contribution in [0.15, 0.2) is 73.1 Å². The van der Waals surface area contributed by atoms with Crippen molar-refractivity contribution in [2.75, 3.05) is 13.7 Å². The molecule has 2 aromatic carbocycles. The molecule has 0 unspecified atom stereocenters. The zero-order valence-corrected chi connectivity index (χ0v) is 14.2. The summed E-state index contributed by atoms with van der Waals surface area (Å²) in [4.78, 5) is 24.1. The molecule has 0 saturated heterocycles. The fraction of sp³-hybridized carbons (Fsp3) is 0.100. The highest BCUT2D eigenvalue weighted by Crippen LogP contribution is 2.25. The van der Waals surface area contributed by atoms with Gasteiger partial charge in [-0.25, -0.2) is 4.79 Å². The topological polar surface area (TPSA) is 69.6 Å². The number of ether oxygens (including phenoxy) is 2. The van der Waals surface area contributed by atoms with Crippen LogP contribution in [0, 0.1) is 0 Å². The number of nitrogens with zero attached hydrogens (tertiary/aromatic N) is 1. The molecule has 6 heteroatoms. The van der Waals surface area contributed by atoms with Gasteiger partial charge in [-0.2, -0.15) is 0 Å². The Hall–Kier alpha value is -3.54. The Bertz CT molecular complexity index is 886. The molecule has 3 aromatic rings. The number of benzene rings is 2. The lowest BCUT2D eigenvalue weighted by molar-refractivity contribution is -0.133. The van der Waals surface area contributed by atoms with E-state index in [1.54, 1.807) is 36.4 Å². The molecular weight excluding hydrogens is 332 g/mol. The summed E-state index contributed by atoms with van der Waals surface area (Å²) in [5.74, 6) is -0.161. The van der Waals surface area contributed by atoms with Crippen molar-refractivity contribution in [1.29, 1.82) is 0 Å². The summed E-state index contributed by atoms with van der Waals surface area (Å²) in [6.07, 6.45) is 3.84. The Labute approximate surface area is 151 Å². The number of hydrogen-bond donors (Lipinski definition) is 1. The van der Waals surface area contributed by atoms with Gasteiger partial charge in [-0.3, -0.25) is 4.79 Å². The maximum absolute atomic E-state index is 12.2. The van der Waals surface area contributed by atoms with Gasteiger partial charge in [0.05, 0.1) is 7.11 Å². The van der Waals surface area contributed by atoms with Crippen molar-refractivity contribution < 1.29 is 19.1 Å². The summed E-state index contributed by atoms with van der Waals surface area (Å²) in [6.45, 7) is -0.240. The van der Waals surface area contributed by atoms with Crippen molar-refractivity contribution in [3.05, 3.63) is 78.6 Å². The summed E-state index contributed by atoms with van der Waals surface area (Å²) in [7, 11) is 1.49. The molecule has 26 heavy (non-hydrogen) atoms. The lowest BCUT2D eigenvalue weighted by Gasteiger charge is -2.09. The first-order chi connectivity index (χ1) is 12.7. The molecule has 0 aliphatic carbocycles. The summed E-state index contributed by atoms with van der Waals surface area (Å²) in [5, 5.41) is 2.55. The summed E-state index contributed by atoms with van der Waals surface area (Å²) < 4.78 is 12.3. The first-order valence-corrected chi connectivity index (χ1v) is 8.02. The molecule has 0 spiro atoms. The molecule has 132 valence electrons. The molecular formula is C20H18N2O4. The molecule has 1 amide bonds. The predicted octanol–water partition coefficient (Wildman–Crippen LogP) is 2.82. The average Bonchev–Trinajstić information content (AvgIpc) is 3.21. The van der Waals surface area contributed by atoms with Gasteiger partial charge in [-0.15, -0.1) is 0 Å². The highest BCUT2D eigenvalue weighted by atomic mass is 16.6. The number of hydrogen-bond acceptors (Lipinski definition) is 4. The Morgan fingerprint density at radius 1 is 0.923 bits per heavy atom. The zero-order chi connectivity index (χ0) is 18.4. The minimum atomic E-state index is -0.577. The molecule has 1 heterocycles. The monoisotopic (exact) mass is 350 g/mol. The number of aromatic nitrogens is 1. The Morgan fingerprint density at radius 2 is 1.58 bits per heavy atom. The molecule has 3 rings (SSSR count). The minimum Gasteiger partial charge on any atom is -0.493 e. The molecule has 0 bridgehead atoms. The molecule has 6 nitrogen and oxygen atoms in total. The van der Waals surface area contributed by atoms with Crippen molar-refractivity contribution in [3.63, 3.8) is 0 Å². The van der Waals surface area contributed by atoms with Crippen LogP contribution in [-0.2, 0) is 4.79 Å². The predicted molar refractivity (Wildman–Crippen MR) is 96.7 cm³/mol. The van der Waals surface area contributed by atoms with Gasteiger partial charge in [0.25, 0.3) is 5.91 Å². The van der Waals surface area contributed by atoms with Gasteiger partial charge in [-0.05, 0) is 48.5 Å². The van der Waals surface area contributed by atoms with Gasteiger partial charge in [0, 0.05) is 23.6 Å². The first-order valence-electron chi connectivity index (χ1n) is 8.02. The van der Waals surface area contributed by atoms with Gasteiger partial charge >= 0.3 is 5.97 Å². The van der Waals surface area contributed by atoms with Crippen molar-refractivity contribution >= 4 is 11.9 Å². The van der Waals surface area contributed by atoms with Crippen LogP contribution in [-0.4, -0.2) is 30.1 Å². The molecule has 1 N–H and O–H groups in total. The SMILES string of the molecule is COc1ccccc1OC(=O)CNC(=O)c1ccc(-n2cccc2)cc1. The zero-order valence-electron chi connectivity index (χ0n) is 14.2. The standard InChI is InChI=1S/C20H18N2O4/c1-25-17-6-2-3-7-18(17)26-19(23)14-21-20(24)15-8-10-16(11-9-15)22-12-4-5-13-22/h2-13H,14H2,1H3,(H,21,24). The maximum Gasteiger partial charge on any atom is 0.330 e. The second-order valence-corrected chi connectivity index (χ2v) is 5.44. The number of carbonyl (C=O) groups excluding carboxylic acids is 2. The highest BCUT2D eigenvalue weighted by molar-refractivity contribution is 5.96. The van der Waals surface area contributed by atoms with E-state index in [1.165, 1.54) is 7.11 Å². The molecule has 0 aliphatic heterocycles. The fourth-order valence-corrected chi connectivity index (χ4v) is 2.41. The number of esters is 1. The molecule has 0 aliphatic rings. The van der Waals surface area contributed by atoms with Crippen molar-refractivity contribution in [3.8, 4) is 17.2 Å². The van der Waals surface area contributed by atoms with Crippen LogP contribution in [0.3, 0.4) is 0 Å². The highest BCUT2D eigenvalue weighted by Gasteiger charge is 2.12. The third-order valence-electron chi connectivity index (χ3n) is 3.72. The van der Waals surface area contributed by atoms with E-state index in [2.05, 4.69) is 5.32 Å². The van der Waals surface area contributed by atoms with E-state index >= 15 is 0 Å². The average molecular weight is 350 g/mol. The lowest BCUT2D eigenvalue weighted by atomic mass is 10.2. The number of para-hydroxylation sites is 2. The van der Waals surface area contributed by atoms with E-state index < -0.39 is 5.97 Å². The summed E-state index contributed by atoms with van der Waals surface area (Å²) >= 11 is 0. The Kier molecular flexibility index (Phi) is 5.34. The molecule has 0 fully saturated rings. The van der Waals surface area contributed by atoms with Crippen molar-refractivity contribution in [2.24, 2.45) is 0 Å². The normalized spacial score (nSPS) is 10.2. The third kappa shape index (κ3) is 4.10. The quantitative estimate of drug-likeness (QED) is 0.548. The second kappa shape index (κ2) is 8.02. The van der Waals surface area contributed by atoms with Crippen molar-refractivity contribution in [2.45, 2.75) is 0 Å². The van der Waals surface area contributed by atoms with Crippen LogP contribution < -0.4 is 14.8 Å².